The molecular formula is C17H21N3O2. The Morgan fingerprint density at radius 1 is 1.41 bits per heavy atom. The van der Waals surface area contributed by atoms with Gasteiger partial charge in [0.25, 0.3) is 0 Å². The summed E-state index contributed by atoms with van der Waals surface area (Å²) in [7, 11) is 2.01. The predicted octanol–water partition coefficient (Wildman–Crippen LogP) is 2.36. The van der Waals surface area contributed by atoms with Gasteiger partial charge in [0.2, 0.25) is 5.91 Å². The third-order valence-electron chi connectivity index (χ3n) is 4.25. The van der Waals surface area contributed by atoms with E-state index in [0.29, 0.717) is 6.54 Å². The van der Waals surface area contributed by atoms with Gasteiger partial charge in [-0.05, 0) is 38.9 Å². The van der Waals surface area contributed by atoms with E-state index >= 15 is 0 Å². The van der Waals surface area contributed by atoms with Crippen LogP contribution in [0, 0.1) is 6.92 Å². The van der Waals surface area contributed by atoms with E-state index in [0.717, 1.165) is 42.0 Å². The molecule has 2 heterocycles. The number of amides is 1. The Hall–Kier alpha value is -2.14. The van der Waals surface area contributed by atoms with Crippen LogP contribution in [-0.2, 0) is 11.3 Å². The van der Waals surface area contributed by atoms with Crippen molar-refractivity contribution in [3.8, 4) is 11.3 Å². The molecule has 1 aromatic heterocycles. The van der Waals surface area contributed by atoms with Gasteiger partial charge in [0.1, 0.15) is 0 Å². The zero-order valence-electron chi connectivity index (χ0n) is 13.0. The van der Waals surface area contributed by atoms with Crippen LogP contribution in [0.2, 0.25) is 0 Å². The first-order chi connectivity index (χ1) is 10.6. The molecule has 2 aromatic rings. The standard InChI is InChI=1S/C17H21N3O2/c1-12-16(22-11-19-12)14-7-5-13(6-8-14)10-18-17(21)15-4-3-9-20(15)2/h5-8,11,15H,3-4,9-10H2,1-2H3,(H,18,21)/t15-/m0/s1. The molecule has 0 radical (unpaired) electrons. The maximum atomic E-state index is 12.2. The molecule has 1 aromatic carbocycles. The number of carbonyl (C=O) groups excluding carboxylic acids is 1. The van der Waals surface area contributed by atoms with Crippen molar-refractivity contribution in [3.05, 3.63) is 41.9 Å². The van der Waals surface area contributed by atoms with E-state index in [4.69, 9.17) is 4.42 Å². The summed E-state index contributed by atoms with van der Waals surface area (Å²) < 4.78 is 5.38. The molecule has 5 nitrogen and oxygen atoms in total. The molecule has 1 N–H and O–H groups in total. The van der Waals surface area contributed by atoms with Gasteiger partial charge in [-0.3, -0.25) is 9.69 Å². The molecule has 1 atom stereocenters. The number of hydrogen-bond donors (Lipinski definition) is 1. The highest BCUT2D eigenvalue weighted by atomic mass is 16.3. The van der Waals surface area contributed by atoms with Gasteiger partial charge in [0.05, 0.1) is 11.7 Å². The van der Waals surface area contributed by atoms with Crippen molar-refractivity contribution in [1.82, 2.24) is 15.2 Å². The Morgan fingerprint density at radius 2 is 2.18 bits per heavy atom. The minimum atomic E-state index is 0.0242. The fourth-order valence-electron chi connectivity index (χ4n) is 2.90. The van der Waals surface area contributed by atoms with Crippen molar-refractivity contribution in [3.63, 3.8) is 0 Å². The third-order valence-corrected chi connectivity index (χ3v) is 4.25. The van der Waals surface area contributed by atoms with Crippen molar-refractivity contribution >= 4 is 5.91 Å². The van der Waals surface area contributed by atoms with E-state index in [1.165, 1.54) is 6.39 Å². The summed E-state index contributed by atoms with van der Waals surface area (Å²) in [6, 6.07) is 8.04. The van der Waals surface area contributed by atoms with Crippen LogP contribution < -0.4 is 5.32 Å². The normalized spacial score (nSPS) is 18.5. The largest absolute Gasteiger partial charge is 0.443 e. The summed E-state index contributed by atoms with van der Waals surface area (Å²) in [5, 5.41) is 3.02. The Labute approximate surface area is 130 Å². The van der Waals surface area contributed by atoms with Crippen LogP contribution in [0.4, 0.5) is 0 Å². The fraction of sp³-hybridized carbons (Fsp3) is 0.412. The van der Waals surface area contributed by atoms with Gasteiger partial charge in [0.15, 0.2) is 12.2 Å². The number of likely N-dealkylation sites (N-methyl/N-ethyl adjacent to an activating group) is 1. The van der Waals surface area contributed by atoms with E-state index in [1.807, 2.05) is 38.2 Å². The van der Waals surface area contributed by atoms with Gasteiger partial charge in [-0.1, -0.05) is 24.3 Å². The lowest BCUT2D eigenvalue weighted by Gasteiger charge is -2.18. The molecule has 3 rings (SSSR count). The Kier molecular flexibility index (Phi) is 4.24. The van der Waals surface area contributed by atoms with Gasteiger partial charge in [-0.15, -0.1) is 0 Å². The lowest BCUT2D eigenvalue weighted by atomic mass is 10.1. The highest BCUT2D eigenvalue weighted by Crippen LogP contribution is 2.22. The van der Waals surface area contributed by atoms with E-state index in [9.17, 15) is 4.79 Å². The number of hydrogen-bond acceptors (Lipinski definition) is 4. The summed E-state index contributed by atoms with van der Waals surface area (Å²) in [5.74, 6) is 0.915. The second-order valence-corrected chi connectivity index (χ2v) is 5.82. The quantitative estimate of drug-likeness (QED) is 0.941. The zero-order valence-corrected chi connectivity index (χ0v) is 13.0. The monoisotopic (exact) mass is 299 g/mol. The summed E-state index contributed by atoms with van der Waals surface area (Å²) in [4.78, 5) is 18.4. The lowest BCUT2D eigenvalue weighted by Crippen LogP contribution is -2.41. The van der Waals surface area contributed by atoms with Gasteiger partial charge >= 0.3 is 0 Å². The first-order valence-electron chi connectivity index (χ1n) is 7.62. The molecule has 0 saturated carbocycles. The summed E-state index contributed by atoms with van der Waals surface area (Å²) in [6.07, 6.45) is 3.50. The topological polar surface area (TPSA) is 58.4 Å². The zero-order chi connectivity index (χ0) is 15.5. The number of rotatable bonds is 4. The maximum absolute atomic E-state index is 12.2. The molecule has 0 spiro atoms. The lowest BCUT2D eigenvalue weighted by molar-refractivity contribution is -0.125. The van der Waals surface area contributed by atoms with Crippen molar-refractivity contribution in [2.75, 3.05) is 13.6 Å². The molecule has 0 unspecified atom stereocenters. The molecule has 22 heavy (non-hydrogen) atoms. The molecular weight excluding hydrogens is 278 g/mol. The van der Waals surface area contributed by atoms with E-state index < -0.39 is 0 Å². The van der Waals surface area contributed by atoms with E-state index in [1.54, 1.807) is 0 Å². The highest BCUT2D eigenvalue weighted by molar-refractivity contribution is 5.82. The van der Waals surface area contributed by atoms with E-state index in [-0.39, 0.29) is 11.9 Å². The van der Waals surface area contributed by atoms with Gasteiger partial charge in [-0.25, -0.2) is 4.98 Å². The van der Waals surface area contributed by atoms with Crippen molar-refractivity contribution in [1.29, 1.82) is 0 Å². The molecule has 116 valence electrons. The molecule has 0 aliphatic carbocycles. The minimum absolute atomic E-state index is 0.0242. The van der Waals surface area contributed by atoms with Crippen LogP contribution >= 0.6 is 0 Å². The summed E-state index contributed by atoms with van der Waals surface area (Å²) in [5.41, 5.74) is 2.96. The smallest absolute Gasteiger partial charge is 0.237 e. The Balaban J connectivity index is 1.60. The second kappa shape index (κ2) is 6.32. The van der Waals surface area contributed by atoms with Crippen LogP contribution in [0.25, 0.3) is 11.3 Å². The number of nitrogens with zero attached hydrogens (tertiary/aromatic N) is 2. The number of aryl methyl sites for hydroxylation is 1. The average Bonchev–Trinajstić information content (AvgIpc) is 3.14. The van der Waals surface area contributed by atoms with Crippen molar-refractivity contribution < 1.29 is 9.21 Å². The van der Waals surface area contributed by atoms with Crippen LogP contribution in [0.1, 0.15) is 24.1 Å². The van der Waals surface area contributed by atoms with Gasteiger partial charge in [-0.2, -0.15) is 0 Å². The molecule has 1 fully saturated rings. The number of aromatic nitrogens is 1. The highest BCUT2D eigenvalue weighted by Gasteiger charge is 2.27. The fourth-order valence-corrected chi connectivity index (χ4v) is 2.90. The summed E-state index contributed by atoms with van der Waals surface area (Å²) >= 11 is 0. The minimum Gasteiger partial charge on any atom is -0.443 e. The third kappa shape index (κ3) is 3.04. The number of carbonyl (C=O) groups is 1. The van der Waals surface area contributed by atoms with Crippen LogP contribution in [0.15, 0.2) is 35.1 Å². The predicted molar refractivity (Wildman–Crippen MR) is 84.2 cm³/mol. The first-order valence-corrected chi connectivity index (χ1v) is 7.62. The van der Waals surface area contributed by atoms with Crippen molar-refractivity contribution in [2.45, 2.75) is 32.4 Å². The molecule has 1 aliphatic heterocycles. The number of benzene rings is 1. The maximum Gasteiger partial charge on any atom is 0.237 e. The number of nitrogens with one attached hydrogen (secondary N) is 1. The SMILES string of the molecule is Cc1ncoc1-c1ccc(CNC(=O)[C@@H]2CCCN2C)cc1. The van der Waals surface area contributed by atoms with E-state index in [2.05, 4.69) is 15.2 Å². The molecule has 5 heteroatoms. The Morgan fingerprint density at radius 3 is 2.77 bits per heavy atom. The average molecular weight is 299 g/mol. The van der Waals surface area contributed by atoms with Gasteiger partial charge in [0, 0.05) is 12.1 Å². The second-order valence-electron chi connectivity index (χ2n) is 5.82. The van der Waals surface area contributed by atoms with Crippen LogP contribution in [-0.4, -0.2) is 35.4 Å². The molecule has 1 amide bonds. The first kappa shape index (κ1) is 14.8. The van der Waals surface area contributed by atoms with Crippen LogP contribution in [0.5, 0.6) is 0 Å². The summed E-state index contributed by atoms with van der Waals surface area (Å²) in [6.45, 7) is 3.48. The molecule has 1 saturated heterocycles. The number of oxazole rings is 1. The molecule has 0 bridgehead atoms. The molecule has 1 aliphatic rings. The van der Waals surface area contributed by atoms with Gasteiger partial charge < -0.3 is 9.73 Å². The van der Waals surface area contributed by atoms with Crippen LogP contribution in [0.3, 0.4) is 0 Å². The number of likely N-dealkylation sites (tertiary alicyclic amines) is 1. The van der Waals surface area contributed by atoms with Crippen molar-refractivity contribution in [2.24, 2.45) is 0 Å². The Bertz CT molecular complexity index is 648.